The molecule has 1 aliphatic carbocycles. The second-order valence-electron chi connectivity index (χ2n) is 6.68. The molecule has 0 fully saturated rings. The average molecular weight is 419 g/mol. The van der Waals surface area contributed by atoms with Crippen molar-refractivity contribution in [3.05, 3.63) is 61.5 Å². The highest BCUT2D eigenvalue weighted by atomic mass is 35.5. The molecule has 8 heteroatoms. The van der Waals surface area contributed by atoms with Gasteiger partial charge in [0.25, 0.3) is 5.56 Å². The van der Waals surface area contributed by atoms with Crippen molar-refractivity contribution >= 4 is 33.9 Å². The number of esters is 1. The van der Waals surface area contributed by atoms with Crippen molar-refractivity contribution in [1.29, 1.82) is 0 Å². The number of aryl methyl sites for hydroxylation is 2. The fourth-order valence-electron chi connectivity index (χ4n) is 3.46. The minimum Gasteiger partial charge on any atom is -0.496 e. The zero-order chi connectivity index (χ0) is 19.7. The lowest BCUT2D eigenvalue weighted by Gasteiger charge is -2.10. The van der Waals surface area contributed by atoms with E-state index in [2.05, 4.69) is 4.98 Å². The van der Waals surface area contributed by atoms with E-state index in [-0.39, 0.29) is 18.6 Å². The van der Waals surface area contributed by atoms with Crippen LogP contribution in [0.15, 0.2) is 29.1 Å². The highest BCUT2D eigenvalue weighted by molar-refractivity contribution is 7.17. The molecule has 2 aromatic heterocycles. The normalized spacial score (nSPS) is 13.4. The van der Waals surface area contributed by atoms with Crippen LogP contribution >= 0.6 is 22.9 Å². The first kappa shape index (κ1) is 19.0. The third kappa shape index (κ3) is 3.77. The van der Waals surface area contributed by atoms with E-state index in [4.69, 9.17) is 21.1 Å². The summed E-state index contributed by atoms with van der Waals surface area (Å²) in [5.41, 5.74) is 2.07. The summed E-state index contributed by atoms with van der Waals surface area (Å²) in [6.45, 7) is -0.0456. The molecule has 6 nitrogen and oxygen atoms in total. The fraction of sp³-hybridized carbons (Fsp3) is 0.350. The molecule has 0 amide bonds. The topological polar surface area (TPSA) is 69.9 Å². The van der Waals surface area contributed by atoms with Crippen LogP contribution in [0.5, 0.6) is 5.75 Å². The van der Waals surface area contributed by atoms with Crippen molar-refractivity contribution in [2.75, 3.05) is 7.11 Å². The molecule has 1 aliphatic rings. The van der Waals surface area contributed by atoms with E-state index in [0.717, 1.165) is 31.4 Å². The Labute approximate surface area is 170 Å². The van der Waals surface area contributed by atoms with Crippen molar-refractivity contribution in [2.45, 2.75) is 38.7 Å². The molecule has 0 aliphatic heterocycles. The minimum atomic E-state index is -0.437. The number of ether oxygens (including phenoxy) is 2. The number of carbonyl (C=O) groups excluding carboxylic acids is 1. The van der Waals surface area contributed by atoms with Gasteiger partial charge in [-0.2, -0.15) is 0 Å². The number of fused-ring (bicyclic) bond motifs is 3. The highest BCUT2D eigenvalue weighted by Crippen LogP contribution is 2.28. The molecule has 146 valence electrons. The van der Waals surface area contributed by atoms with Crippen molar-refractivity contribution in [3.8, 4) is 5.75 Å². The second kappa shape index (κ2) is 7.93. The first-order chi connectivity index (χ1) is 13.5. The lowest BCUT2D eigenvalue weighted by atomic mass is 10.0. The molecular weight excluding hydrogens is 400 g/mol. The number of nitrogens with zero attached hydrogens (tertiary/aromatic N) is 2. The SMILES string of the molecule is COc1ccc(Cl)cc1CC(=O)OCc1cc(=O)n2c3c(sc2n1)CCCC3. The van der Waals surface area contributed by atoms with Crippen LogP contribution in [-0.2, 0) is 35.4 Å². The van der Waals surface area contributed by atoms with Crippen LogP contribution in [-0.4, -0.2) is 22.5 Å². The maximum Gasteiger partial charge on any atom is 0.310 e. The Morgan fingerprint density at radius 3 is 2.93 bits per heavy atom. The molecule has 0 saturated heterocycles. The van der Waals surface area contributed by atoms with E-state index in [1.807, 2.05) is 0 Å². The van der Waals surface area contributed by atoms with Crippen molar-refractivity contribution in [2.24, 2.45) is 0 Å². The Morgan fingerprint density at radius 2 is 2.11 bits per heavy atom. The van der Waals surface area contributed by atoms with Gasteiger partial charge < -0.3 is 9.47 Å². The van der Waals surface area contributed by atoms with Gasteiger partial charge in [0, 0.05) is 27.2 Å². The zero-order valence-electron chi connectivity index (χ0n) is 15.4. The van der Waals surface area contributed by atoms with E-state index >= 15 is 0 Å². The third-order valence-corrected chi connectivity index (χ3v) is 6.15. The molecule has 0 spiro atoms. The first-order valence-electron chi connectivity index (χ1n) is 9.06. The summed E-state index contributed by atoms with van der Waals surface area (Å²) in [4.78, 5) is 31.2. The van der Waals surface area contributed by atoms with Gasteiger partial charge in [-0.05, 0) is 43.9 Å². The Hall–Kier alpha value is -2.38. The predicted molar refractivity (Wildman–Crippen MR) is 107 cm³/mol. The summed E-state index contributed by atoms with van der Waals surface area (Å²) in [5.74, 6) is 0.136. The Morgan fingerprint density at radius 1 is 1.29 bits per heavy atom. The van der Waals surface area contributed by atoms with E-state index in [0.29, 0.717) is 27.0 Å². The molecule has 4 rings (SSSR count). The molecule has 0 atom stereocenters. The molecule has 1 aromatic carbocycles. The van der Waals surface area contributed by atoms with Gasteiger partial charge in [-0.1, -0.05) is 11.6 Å². The quantitative estimate of drug-likeness (QED) is 0.592. The predicted octanol–water partition coefficient (Wildman–Crippen LogP) is 3.58. The maximum atomic E-state index is 12.5. The molecular formula is C20H19ClN2O4S. The van der Waals surface area contributed by atoms with Crippen LogP contribution < -0.4 is 10.3 Å². The molecule has 28 heavy (non-hydrogen) atoms. The van der Waals surface area contributed by atoms with E-state index in [1.165, 1.54) is 18.1 Å². The van der Waals surface area contributed by atoms with E-state index in [1.54, 1.807) is 33.9 Å². The molecule has 2 heterocycles. The maximum absolute atomic E-state index is 12.5. The molecule has 0 N–H and O–H groups in total. The van der Waals surface area contributed by atoms with Crippen molar-refractivity contribution in [3.63, 3.8) is 0 Å². The average Bonchev–Trinajstić information content (AvgIpc) is 3.05. The number of carbonyl (C=O) groups is 1. The highest BCUT2D eigenvalue weighted by Gasteiger charge is 2.19. The van der Waals surface area contributed by atoms with Gasteiger partial charge in [-0.15, -0.1) is 11.3 Å². The number of methoxy groups -OCH3 is 1. The van der Waals surface area contributed by atoms with E-state index in [9.17, 15) is 9.59 Å². The van der Waals surface area contributed by atoms with Crippen LogP contribution in [0.3, 0.4) is 0 Å². The van der Waals surface area contributed by atoms with Gasteiger partial charge in [0.05, 0.1) is 19.2 Å². The zero-order valence-corrected chi connectivity index (χ0v) is 16.9. The Kier molecular flexibility index (Phi) is 5.37. The van der Waals surface area contributed by atoms with Gasteiger partial charge >= 0.3 is 5.97 Å². The number of benzene rings is 1. The fourth-order valence-corrected chi connectivity index (χ4v) is 4.89. The lowest BCUT2D eigenvalue weighted by Crippen LogP contribution is -2.19. The number of hydrogen-bond acceptors (Lipinski definition) is 6. The molecule has 0 saturated carbocycles. The number of hydrogen-bond donors (Lipinski definition) is 0. The number of aromatic nitrogens is 2. The number of thiazole rings is 1. The summed E-state index contributed by atoms with van der Waals surface area (Å²) in [5, 5.41) is 0.519. The molecule has 0 unspecified atom stereocenters. The minimum absolute atomic E-state index is 0.0260. The van der Waals surface area contributed by atoms with Gasteiger partial charge in [-0.3, -0.25) is 14.0 Å². The first-order valence-corrected chi connectivity index (χ1v) is 10.3. The standard InChI is InChI=1S/C20H19ClN2O4S/c1-26-16-7-6-13(21)8-12(16)9-19(25)27-11-14-10-18(24)23-15-4-2-3-5-17(15)28-20(23)22-14/h6-8,10H,2-5,9,11H2,1H3. The van der Waals surface area contributed by atoms with Crippen LogP contribution in [0.1, 0.15) is 34.7 Å². The summed E-state index contributed by atoms with van der Waals surface area (Å²) >= 11 is 7.54. The van der Waals surface area contributed by atoms with Crippen LogP contribution in [0, 0.1) is 0 Å². The number of rotatable bonds is 5. The lowest BCUT2D eigenvalue weighted by molar-refractivity contribution is -0.144. The summed E-state index contributed by atoms with van der Waals surface area (Å²) in [6.07, 6.45) is 4.17. The second-order valence-corrected chi connectivity index (χ2v) is 8.17. The summed E-state index contributed by atoms with van der Waals surface area (Å²) < 4.78 is 12.3. The van der Waals surface area contributed by atoms with Crippen LogP contribution in [0.25, 0.3) is 4.96 Å². The summed E-state index contributed by atoms with van der Waals surface area (Å²) in [6, 6.07) is 6.53. The largest absolute Gasteiger partial charge is 0.496 e. The van der Waals surface area contributed by atoms with Gasteiger partial charge in [0.2, 0.25) is 0 Å². The molecule has 3 aromatic rings. The van der Waals surface area contributed by atoms with E-state index < -0.39 is 5.97 Å². The Balaban J connectivity index is 1.49. The molecule has 0 radical (unpaired) electrons. The molecule has 0 bridgehead atoms. The summed E-state index contributed by atoms with van der Waals surface area (Å²) in [7, 11) is 1.53. The van der Waals surface area contributed by atoms with Gasteiger partial charge in [0.15, 0.2) is 4.96 Å². The van der Waals surface area contributed by atoms with Crippen LogP contribution in [0.4, 0.5) is 0 Å². The Bertz CT molecular complexity index is 1110. The van der Waals surface area contributed by atoms with Crippen molar-refractivity contribution < 1.29 is 14.3 Å². The van der Waals surface area contributed by atoms with Crippen LogP contribution in [0.2, 0.25) is 5.02 Å². The van der Waals surface area contributed by atoms with Gasteiger partial charge in [0.1, 0.15) is 12.4 Å². The number of halogens is 1. The van der Waals surface area contributed by atoms with Gasteiger partial charge in [-0.25, -0.2) is 4.98 Å². The van der Waals surface area contributed by atoms with Crippen molar-refractivity contribution in [1.82, 2.24) is 9.38 Å². The monoisotopic (exact) mass is 418 g/mol. The smallest absolute Gasteiger partial charge is 0.310 e. The third-order valence-electron chi connectivity index (χ3n) is 4.77.